The lowest BCUT2D eigenvalue weighted by Crippen LogP contribution is -2.48. The van der Waals surface area contributed by atoms with Crippen LogP contribution in [-0.2, 0) is 27.7 Å². The van der Waals surface area contributed by atoms with Gasteiger partial charge in [0.15, 0.2) is 5.76 Å². The number of benzene rings is 1. The molecular formula is C21H27N3O4S. The number of aromatic nitrogens is 1. The lowest BCUT2D eigenvalue weighted by atomic mass is 9.88. The van der Waals surface area contributed by atoms with Gasteiger partial charge in [0.1, 0.15) is 10.6 Å². The zero-order valence-electron chi connectivity index (χ0n) is 16.8. The van der Waals surface area contributed by atoms with Crippen LogP contribution in [0.15, 0.2) is 33.7 Å². The Morgan fingerprint density at radius 2 is 1.97 bits per heavy atom. The third-order valence-electron chi connectivity index (χ3n) is 6.01. The van der Waals surface area contributed by atoms with Gasteiger partial charge in [-0.2, -0.15) is 4.31 Å². The van der Waals surface area contributed by atoms with E-state index >= 15 is 0 Å². The van der Waals surface area contributed by atoms with Gasteiger partial charge in [-0.15, -0.1) is 0 Å². The molecule has 1 fully saturated rings. The fraction of sp³-hybridized carbons (Fsp3) is 0.524. The van der Waals surface area contributed by atoms with Crippen molar-refractivity contribution >= 4 is 15.9 Å². The number of nitrogens with one attached hydrogen (secondary N) is 1. The predicted octanol–water partition coefficient (Wildman–Crippen LogP) is 2.37. The molecule has 7 nitrogen and oxygen atoms in total. The highest BCUT2D eigenvalue weighted by Crippen LogP contribution is 2.28. The van der Waals surface area contributed by atoms with Crippen LogP contribution >= 0.6 is 0 Å². The number of fused-ring (bicyclic) bond motifs is 1. The van der Waals surface area contributed by atoms with E-state index in [9.17, 15) is 13.2 Å². The molecule has 156 valence electrons. The van der Waals surface area contributed by atoms with Crippen LogP contribution in [-0.4, -0.2) is 42.9 Å². The molecule has 2 aromatic rings. The van der Waals surface area contributed by atoms with E-state index < -0.39 is 10.0 Å². The first kappa shape index (κ1) is 20.1. The number of rotatable bonds is 4. The number of carbonyl (C=O) groups excluding carboxylic acids is 1. The fourth-order valence-electron chi connectivity index (χ4n) is 4.49. The third kappa shape index (κ3) is 3.96. The first-order valence-electron chi connectivity index (χ1n) is 10.2. The summed E-state index contributed by atoms with van der Waals surface area (Å²) in [5, 5.41) is 6.93. The molecule has 29 heavy (non-hydrogen) atoms. The zero-order valence-corrected chi connectivity index (χ0v) is 17.7. The molecule has 2 unspecified atom stereocenters. The van der Waals surface area contributed by atoms with E-state index in [0.717, 1.165) is 19.3 Å². The highest BCUT2D eigenvalue weighted by atomic mass is 32.2. The molecule has 4 rings (SSSR count). The van der Waals surface area contributed by atoms with E-state index in [4.69, 9.17) is 4.52 Å². The molecule has 1 aliphatic heterocycles. The predicted molar refractivity (Wildman–Crippen MR) is 108 cm³/mol. The third-order valence-corrected chi connectivity index (χ3v) is 8.12. The molecule has 2 heterocycles. The molecule has 0 radical (unpaired) electrons. The first-order chi connectivity index (χ1) is 13.9. The van der Waals surface area contributed by atoms with E-state index in [1.807, 2.05) is 12.1 Å². The maximum absolute atomic E-state index is 13.1. The molecule has 1 saturated heterocycles. The summed E-state index contributed by atoms with van der Waals surface area (Å²) < 4.78 is 32.6. The van der Waals surface area contributed by atoms with Crippen molar-refractivity contribution in [2.24, 2.45) is 5.92 Å². The average molecular weight is 418 g/mol. The van der Waals surface area contributed by atoms with Crippen molar-refractivity contribution in [2.45, 2.75) is 56.9 Å². The van der Waals surface area contributed by atoms with Gasteiger partial charge in [-0.05, 0) is 57.1 Å². The van der Waals surface area contributed by atoms with Gasteiger partial charge in [-0.25, -0.2) is 8.42 Å². The largest absolute Gasteiger partial charge is 0.360 e. The van der Waals surface area contributed by atoms with Crippen LogP contribution < -0.4 is 5.32 Å². The van der Waals surface area contributed by atoms with Gasteiger partial charge in [0, 0.05) is 19.1 Å². The van der Waals surface area contributed by atoms with Crippen molar-refractivity contribution in [3.63, 3.8) is 0 Å². The average Bonchev–Trinajstić information content (AvgIpc) is 3.07. The van der Waals surface area contributed by atoms with E-state index in [1.54, 1.807) is 13.8 Å². The minimum Gasteiger partial charge on any atom is -0.360 e. The number of aryl methyl sites for hydroxylation is 3. The first-order valence-corrected chi connectivity index (χ1v) is 11.6. The van der Waals surface area contributed by atoms with Crippen LogP contribution in [0.5, 0.6) is 0 Å². The van der Waals surface area contributed by atoms with Crippen molar-refractivity contribution in [1.82, 2.24) is 14.8 Å². The van der Waals surface area contributed by atoms with Gasteiger partial charge in [-0.1, -0.05) is 29.4 Å². The maximum Gasteiger partial charge on any atom is 0.248 e. The van der Waals surface area contributed by atoms with E-state index in [0.29, 0.717) is 25.1 Å². The molecule has 1 amide bonds. The van der Waals surface area contributed by atoms with Gasteiger partial charge >= 0.3 is 0 Å². The summed E-state index contributed by atoms with van der Waals surface area (Å²) in [6.45, 7) is 3.83. The van der Waals surface area contributed by atoms with Gasteiger partial charge in [0.2, 0.25) is 15.9 Å². The molecule has 1 aromatic carbocycles. The molecular weight excluding hydrogens is 390 g/mol. The zero-order chi connectivity index (χ0) is 20.6. The van der Waals surface area contributed by atoms with Crippen LogP contribution in [0.2, 0.25) is 0 Å². The fourth-order valence-corrected chi connectivity index (χ4v) is 6.30. The van der Waals surface area contributed by atoms with E-state index in [1.165, 1.54) is 15.4 Å². The van der Waals surface area contributed by atoms with Crippen molar-refractivity contribution < 1.29 is 17.7 Å². The van der Waals surface area contributed by atoms with Crippen LogP contribution in [0.25, 0.3) is 0 Å². The quantitative estimate of drug-likeness (QED) is 0.824. The molecule has 0 saturated carbocycles. The molecule has 2 aliphatic rings. The summed E-state index contributed by atoms with van der Waals surface area (Å²) in [5.74, 6) is -0.0980. The van der Waals surface area contributed by atoms with Crippen LogP contribution in [0.1, 0.15) is 41.8 Å². The second kappa shape index (κ2) is 7.91. The highest BCUT2D eigenvalue weighted by molar-refractivity contribution is 7.89. The summed E-state index contributed by atoms with van der Waals surface area (Å²) in [6, 6.07) is 8.44. The molecule has 2 atom stereocenters. The van der Waals surface area contributed by atoms with Gasteiger partial charge in [-0.3, -0.25) is 4.79 Å². The highest BCUT2D eigenvalue weighted by Gasteiger charge is 2.37. The summed E-state index contributed by atoms with van der Waals surface area (Å²) in [6.07, 6.45) is 4.06. The SMILES string of the molecule is Cc1noc(C)c1S(=O)(=O)N1CCCC(C(=O)NC2CCc3ccccc3C2)C1. The van der Waals surface area contributed by atoms with Gasteiger partial charge < -0.3 is 9.84 Å². The number of nitrogens with zero attached hydrogens (tertiary/aromatic N) is 2. The Morgan fingerprint density at radius 1 is 1.21 bits per heavy atom. The second-order valence-corrected chi connectivity index (χ2v) is 9.95. The van der Waals surface area contributed by atoms with Crippen LogP contribution in [0.3, 0.4) is 0 Å². The lowest BCUT2D eigenvalue weighted by molar-refractivity contribution is -0.126. The van der Waals surface area contributed by atoms with Crippen molar-refractivity contribution in [1.29, 1.82) is 0 Å². The topological polar surface area (TPSA) is 92.5 Å². The van der Waals surface area contributed by atoms with Crippen molar-refractivity contribution in [3.05, 3.63) is 46.8 Å². The van der Waals surface area contributed by atoms with Gasteiger partial charge in [0.05, 0.1) is 5.92 Å². The molecule has 1 N–H and O–H groups in total. The molecule has 1 aliphatic carbocycles. The van der Waals surface area contributed by atoms with Gasteiger partial charge in [0.25, 0.3) is 0 Å². The number of hydrogen-bond donors (Lipinski definition) is 1. The van der Waals surface area contributed by atoms with Crippen LogP contribution in [0, 0.1) is 19.8 Å². The standard InChI is InChI=1S/C21H27N3O4S/c1-14-20(15(2)28-23-14)29(26,27)24-11-5-8-18(13-24)21(25)22-19-10-9-16-6-3-4-7-17(16)12-19/h3-4,6-7,18-19H,5,8-13H2,1-2H3,(H,22,25). The normalized spacial score (nSPS) is 22.8. The summed E-state index contributed by atoms with van der Waals surface area (Å²) in [5.41, 5.74) is 3.00. The number of amides is 1. The Hall–Kier alpha value is -2.19. The number of sulfonamides is 1. The number of piperidine rings is 1. The van der Waals surface area contributed by atoms with E-state index in [-0.39, 0.29) is 35.1 Å². The number of hydrogen-bond acceptors (Lipinski definition) is 5. The maximum atomic E-state index is 13.1. The Bertz CT molecular complexity index is 995. The number of carbonyl (C=O) groups is 1. The Labute approximate surface area is 171 Å². The monoisotopic (exact) mass is 417 g/mol. The van der Waals surface area contributed by atoms with E-state index in [2.05, 4.69) is 22.6 Å². The van der Waals surface area contributed by atoms with Crippen molar-refractivity contribution in [3.8, 4) is 0 Å². The smallest absolute Gasteiger partial charge is 0.248 e. The minimum atomic E-state index is -3.72. The summed E-state index contributed by atoms with van der Waals surface area (Å²) >= 11 is 0. The Balaban J connectivity index is 1.43. The summed E-state index contributed by atoms with van der Waals surface area (Å²) in [4.78, 5) is 13.0. The Morgan fingerprint density at radius 3 is 2.69 bits per heavy atom. The van der Waals surface area contributed by atoms with Crippen molar-refractivity contribution in [2.75, 3.05) is 13.1 Å². The lowest BCUT2D eigenvalue weighted by Gasteiger charge is -2.33. The molecule has 0 bridgehead atoms. The Kier molecular flexibility index (Phi) is 5.48. The molecule has 0 spiro atoms. The second-order valence-electron chi connectivity index (χ2n) is 8.07. The summed E-state index contributed by atoms with van der Waals surface area (Å²) in [7, 11) is -3.72. The van der Waals surface area contributed by atoms with Crippen LogP contribution in [0.4, 0.5) is 0 Å². The molecule has 1 aromatic heterocycles. The molecule has 8 heteroatoms. The minimum absolute atomic E-state index is 0.0481.